The summed E-state index contributed by atoms with van der Waals surface area (Å²) >= 11 is 0. The van der Waals surface area contributed by atoms with Gasteiger partial charge in [0.1, 0.15) is 6.10 Å². The van der Waals surface area contributed by atoms with Crippen LogP contribution >= 0.6 is 0 Å². The van der Waals surface area contributed by atoms with Gasteiger partial charge in [0.05, 0.1) is 0 Å². The van der Waals surface area contributed by atoms with Crippen molar-refractivity contribution in [3.63, 3.8) is 0 Å². The standard InChI is InChI=1S/C22H26N2O4/c1-4-14(2)21(25)24-17-9-7-8-16(12-17)13-23-22(26)20-15(3)27-18-10-5-6-11-19(18)28-20/h5-12,14-15,20H,4,13H2,1-3H3,(H,23,26)(H,24,25)/t14-,15-,20-/m0/s1. The molecule has 0 spiro atoms. The van der Waals surface area contributed by atoms with Crippen LogP contribution in [0.2, 0.25) is 0 Å². The highest BCUT2D eigenvalue weighted by atomic mass is 16.6. The Morgan fingerprint density at radius 2 is 1.79 bits per heavy atom. The molecule has 3 atom stereocenters. The number of rotatable bonds is 6. The molecule has 148 valence electrons. The van der Waals surface area contributed by atoms with E-state index in [-0.39, 0.29) is 17.7 Å². The highest BCUT2D eigenvalue weighted by molar-refractivity contribution is 5.92. The second kappa shape index (κ2) is 8.78. The fraction of sp³-hybridized carbons (Fsp3) is 0.364. The molecule has 1 heterocycles. The maximum atomic E-state index is 12.6. The number of hydrogen-bond donors (Lipinski definition) is 2. The van der Waals surface area contributed by atoms with Crippen LogP contribution < -0.4 is 20.1 Å². The van der Waals surface area contributed by atoms with Gasteiger partial charge in [-0.3, -0.25) is 9.59 Å². The Kier molecular flexibility index (Phi) is 6.19. The van der Waals surface area contributed by atoms with E-state index >= 15 is 0 Å². The largest absolute Gasteiger partial charge is 0.482 e. The first kappa shape index (κ1) is 19.7. The van der Waals surface area contributed by atoms with Crippen molar-refractivity contribution in [3.05, 3.63) is 54.1 Å². The van der Waals surface area contributed by atoms with Gasteiger partial charge < -0.3 is 20.1 Å². The number of carbonyl (C=O) groups excluding carboxylic acids is 2. The lowest BCUT2D eigenvalue weighted by Gasteiger charge is -2.31. The lowest BCUT2D eigenvalue weighted by Crippen LogP contribution is -2.48. The average Bonchev–Trinajstić information content (AvgIpc) is 2.71. The van der Waals surface area contributed by atoms with E-state index in [0.29, 0.717) is 18.0 Å². The topological polar surface area (TPSA) is 76.7 Å². The molecule has 2 amide bonds. The zero-order chi connectivity index (χ0) is 20.1. The van der Waals surface area contributed by atoms with Crippen molar-refractivity contribution >= 4 is 17.5 Å². The van der Waals surface area contributed by atoms with Crippen molar-refractivity contribution in [1.29, 1.82) is 0 Å². The summed E-state index contributed by atoms with van der Waals surface area (Å²) in [4.78, 5) is 24.6. The van der Waals surface area contributed by atoms with Gasteiger partial charge in [-0.15, -0.1) is 0 Å². The van der Waals surface area contributed by atoms with Crippen LogP contribution in [0.15, 0.2) is 48.5 Å². The second-order valence-corrected chi connectivity index (χ2v) is 7.02. The number of anilines is 1. The highest BCUT2D eigenvalue weighted by Crippen LogP contribution is 2.33. The lowest BCUT2D eigenvalue weighted by molar-refractivity contribution is -0.133. The molecule has 1 aliphatic heterocycles. The van der Waals surface area contributed by atoms with Gasteiger partial charge in [0, 0.05) is 18.2 Å². The normalized spacial score (nSPS) is 18.8. The van der Waals surface area contributed by atoms with Crippen molar-refractivity contribution in [2.24, 2.45) is 5.92 Å². The molecule has 0 saturated heterocycles. The van der Waals surface area contributed by atoms with Crippen molar-refractivity contribution in [2.45, 2.75) is 45.9 Å². The monoisotopic (exact) mass is 382 g/mol. The minimum atomic E-state index is -0.719. The molecule has 3 rings (SSSR count). The quantitative estimate of drug-likeness (QED) is 0.801. The summed E-state index contributed by atoms with van der Waals surface area (Å²) in [6, 6.07) is 14.8. The van der Waals surface area contributed by atoms with Gasteiger partial charge in [0.15, 0.2) is 11.5 Å². The first-order chi connectivity index (χ1) is 13.5. The van der Waals surface area contributed by atoms with E-state index in [1.165, 1.54) is 0 Å². The summed E-state index contributed by atoms with van der Waals surface area (Å²) < 4.78 is 11.6. The maximum Gasteiger partial charge on any atom is 0.265 e. The molecule has 0 bridgehead atoms. The molecular formula is C22H26N2O4. The molecule has 2 N–H and O–H groups in total. The maximum absolute atomic E-state index is 12.6. The van der Waals surface area contributed by atoms with Crippen molar-refractivity contribution < 1.29 is 19.1 Å². The van der Waals surface area contributed by atoms with Crippen LogP contribution in [0, 0.1) is 5.92 Å². The van der Waals surface area contributed by atoms with Crippen LogP contribution in [-0.2, 0) is 16.1 Å². The summed E-state index contributed by atoms with van der Waals surface area (Å²) in [5, 5.41) is 5.79. The molecule has 0 aromatic heterocycles. The van der Waals surface area contributed by atoms with Crippen molar-refractivity contribution in [1.82, 2.24) is 5.32 Å². The van der Waals surface area contributed by atoms with Gasteiger partial charge in [0.25, 0.3) is 5.91 Å². The second-order valence-electron chi connectivity index (χ2n) is 7.02. The van der Waals surface area contributed by atoms with E-state index in [1.807, 2.05) is 63.2 Å². The van der Waals surface area contributed by atoms with Gasteiger partial charge in [-0.2, -0.15) is 0 Å². The summed E-state index contributed by atoms with van der Waals surface area (Å²) in [5.74, 6) is 0.912. The molecule has 28 heavy (non-hydrogen) atoms. The number of ether oxygens (including phenoxy) is 2. The predicted octanol–water partition coefficient (Wildman–Crippen LogP) is 3.52. The predicted molar refractivity (Wildman–Crippen MR) is 107 cm³/mol. The molecule has 0 aliphatic carbocycles. The molecule has 0 unspecified atom stereocenters. The lowest BCUT2D eigenvalue weighted by atomic mass is 10.1. The summed E-state index contributed by atoms with van der Waals surface area (Å²) in [6.45, 7) is 6.02. The SMILES string of the molecule is CC[C@H](C)C(=O)Nc1cccc(CNC(=O)[C@H]2Oc3ccccc3O[C@H]2C)c1. The first-order valence-corrected chi connectivity index (χ1v) is 9.57. The Bertz CT molecular complexity index is 852. The molecular weight excluding hydrogens is 356 g/mol. The van der Waals surface area contributed by atoms with E-state index in [9.17, 15) is 9.59 Å². The molecule has 2 aromatic rings. The van der Waals surface area contributed by atoms with Crippen LogP contribution in [0.3, 0.4) is 0 Å². The summed E-state index contributed by atoms with van der Waals surface area (Å²) in [5.41, 5.74) is 1.61. The van der Waals surface area contributed by atoms with Crippen LogP contribution in [0.1, 0.15) is 32.8 Å². The zero-order valence-electron chi connectivity index (χ0n) is 16.4. The van der Waals surface area contributed by atoms with E-state index < -0.39 is 12.2 Å². The van der Waals surface area contributed by atoms with Crippen LogP contribution in [0.5, 0.6) is 11.5 Å². The van der Waals surface area contributed by atoms with Gasteiger partial charge in [-0.05, 0) is 43.2 Å². The summed E-state index contributed by atoms with van der Waals surface area (Å²) in [7, 11) is 0. The van der Waals surface area contributed by atoms with Crippen LogP contribution in [-0.4, -0.2) is 24.0 Å². The Labute approximate surface area is 165 Å². The number of carbonyl (C=O) groups is 2. The third kappa shape index (κ3) is 4.63. The molecule has 6 heteroatoms. The first-order valence-electron chi connectivity index (χ1n) is 9.57. The Morgan fingerprint density at radius 1 is 1.07 bits per heavy atom. The van der Waals surface area contributed by atoms with Gasteiger partial charge in [-0.25, -0.2) is 0 Å². The van der Waals surface area contributed by atoms with Crippen LogP contribution in [0.25, 0.3) is 0 Å². The average molecular weight is 382 g/mol. The minimum absolute atomic E-state index is 0.0102. The Balaban J connectivity index is 1.59. The molecule has 1 aliphatic rings. The van der Waals surface area contributed by atoms with E-state index in [2.05, 4.69) is 10.6 Å². The zero-order valence-corrected chi connectivity index (χ0v) is 16.4. The fourth-order valence-electron chi connectivity index (χ4n) is 2.91. The van der Waals surface area contributed by atoms with Crippen LogP contribution in [0.4, 0.5) is 5.69 Å². The molecule has 0 saturated carbocycles. The van der Waals surface area contributed by atoms with E-state index in [4.69, 9.17) is 9.47 Å². The van der Waals surface area contributed by atoms with Gasteiger partial charge in [-0.1, -0.05) is 38.1 Å². The molecule has 0 fully saturated rings. The number of nitrogens with one attached hydrogen (secondary N) is 2. The number of hydrogen-bond acceptors (Lipinski definition) is 4. The van der Waals surface area contributed by atoms with E-state index in [1.54, 1.807) is 6.07 Å². The number of para-hydroxylation sites is 2. The summed E-state index contributed by atoms with van der Waals surface area (Å²) in [6.07, 6.45) is -0.328. The Hall–Kier alpha value is -3.02. The van der Waals surface area contributed by atoms with Gasteiger partial charge in [0.2, 0.25) is 12.0 Å². The molecule has 6 nitrogen and oxygen atoms in total. The third-order valence-electron chi connectivity index (χ3n) is 4.82. The minimum Gasteiger partial charge on any atom is -0.482 e. The molecule has 0 radical (unpaired) electrons. The third-order valence-corrected chi connectivity index (χ3v) is 4.82. The Morgan fingerprint density at radius 3 is 2.50 bits per heavy atom. The smallest absolute Gasteiger partial charge is 0.265 e. The fourth-order valence-corrected chi connectivity index (χ4v) is 2.91. The van der Waals surface area contributed by atoms with Crippen molar-refractivity contribution in [2.75, 3.05) is 5.32 Å². The number of amides is 2. The number of fused-ring (bicyclic) bond motifs is 1. The van der Waals surface area contributed by atoms with E-state index in [0.717, 1.165) is 17.7 Å². The van der Waals surface area contributed by atoms with Crippen molar-refractivity contribution in [3.8, 4) is 11.5 Å². The number of benzene rings is 2. The molecule has 2 aromatic carbocycles. The highest BCUT2D eigenvalue weighted by Gasteiger charge is 2.33. The van der Waals surface area contributed by atoms with Gasteiger partial charge >= 0.3 is 0 Å².